The van der Waals surface area contributed by atoms with Crippen molar-refractivity contribution in [2.75, 3.05) is 24.9 Å². The third kappa shape index (κ3) is 5.32. The first kappa shape index (κ1) is 23.6. The van der Waals surface area contributed by atoms with E-state index < -0.39 is 6.03 Å². The number of methoxy groups -OCH3 is 2. The second kappa shape index (κ2) is 10.1. The highest BCUT2D eigenvalue weighted by Gasteiger charge is 2.11. The van der Waals surface area contributed by atoms with Crippen LogP contribution in [-0.2, 0) is 0 Å². The Labute approximate surface area is 202 Å². The summed E-state index contributed by atoms with van der Waals surface area (Å²) in [6.45, 7) is 5.98. The maximum Gasteiger partial charge on any atom is 0.323 e. The van der Waals surface area contributed by atoms with E-state index in [4.69, 9.17) is 14.2 Å². The van der Waals surface area contributed by atoms with Gasteiger partial charge in [0.2, 0.25) is 5.88 Å². The number of anilines is 2. The number of aromatic nitrogens is 4. The standard InChI is InChI=1S/C25H26N6O4/c1-15-16(2)30-31(17(15)3)23-12-13-24(29-28-23)35-20-9-6-18(7-10-20)26-25(32)27-19-8-11-21(33-4)22(14-19)34-5/h6-14H,1-5H3,(H2,26,27,32). The number of aryl methyl sites for hydroxylation is 1. The molecular weight excluding hydrogens is 448 g/mol. The Morgan fingerprint density at radius 1 is 0.829 bits per heavy atom. The topological polar surface area (TPSA) is 112 Å². The first-order valence-corrected chi connectivity index (χ1v) is 10.8. The SMILES string of the molecule is COc1ccc(NC(=O)Nc2ccc(Oc3ccc(-n4nc(C)c(C)c4C)nn3)cc2)cc1OC. The molecule has 0 radical (unpaired) electrons. The number of urea groups is 1. The fraction of sp³-hybridized carbons (Fsp3) is 0.200. The Bertz CT molecular complexity index is 1330. The number of amides is 2. The van der Waals surface area contributed by atoms with Crippen LogP contribution in [0.15, 0.2) is 54.6 Å². The van der Waals surface area contributed by atoms with E-state index in [1.54, 1.807) is 66.4 Å². The summed E-state index contributed by atoms with van der Waals surface area (Å²) >= 11 is 0. The highest BCUT2D eigenvalue weighted by molar-refractivity contribution is 5.99. The second-order valence-electron chi connectivity index (χ2n) is 7.71. The molecule has 0 aliphatic rings. The van der Waals surface area contributed by atoms with Gasteiger partial charge in [0.1, 0.15) is 5.75 Å². The van der Waals surface area contributed by atoms with Crippen molar-refractivity contribution in [1.82, 2.24) is 20.0 Å². The minimum absolute atomic E-state index is 0.346. The van der Waals surface area contributed by atoms with Gasteiger partial charge in [-0.05, 0) is 68.8 Å². The van der Waals surface area contributed by atoms with E-state index in [0.29, 0.717) is 40.3 Å². The van der Waals surface area contributed by atoms with Crippen LogP contribution < -0.4 is 24.8 Å². The van der Waals surface area contributed by atoms with Gasteiger partial charge in [0.25, 0.3) is 0 Å². The van der Waals surface area contributed by atoms with E-state index in [0.717, 1.165) is 17.0 Å². The van der Waals surface area contributed by atoms with Gasteiger partial charge in [-0.15, -0.1) is 10.2 Å². The Balaban J connectivity index is 1.36. The van der Waals surface area contributed by atoms with Gasteiger partial charge < -0.3 is 24.8 Å². The molecule has 2 heterocycles. The maximum atomic E-state index is 12.4. The van der Waals surface area contributed by atoms with Crippen LogP contribution in [0.25, 0.3) is 5.82 Å². The normalized spacial score (nSPS) is 10.5. The van der Waals surface area contributed by atoms with Crippen LogP contribution in [0.2, 0.25) is 0 Å². The van der Waals surface area contributed by atoms with Crippen LogP contribution in [0.3, 0.4) is 0 Å². The molecule has 4 rings (SSSR count). The number of hydrogen-bond donors (Lipinski definition) is 2. The first-order chi connectivity index (χ1) is 16.9. The summed E-state index contributed by atoms with van der Waals surface area (Å²) in [6, 6.07) is 15.2. The van der Waals surface area contributed by atoms with Crippen molar-refractivity contribution in [3.63, 3.8) is 0 Å². The number of nitrogens with one attached hydrogen (secondary N) is 2. The lowest BCUT2D eigenvalue weighted by atomic mass is 10.2. The molecule has 10 heteroatoms. The third-order valence-corrected chi connectivity index (χ3v) is 5.47. The molecule has 0 saturated carbocycles. The number of hydrogen-bond acceptors (Lipinski definition) is 7. The smallest absolute Gasteiger partial charge is 0.323 e. The maximum absolute atomic E-state index is 12.4. The second-order valence-corrected chi connectivity index (χ2v) is 7.71. The summed E-state index contributed by atoms with van der Waals surface area (Å²) in [7, 11) is 3.09. The lowest BCUT2D eigenvalue weighted by Crippen LogP contribution is -2.19. The zero-order chi connectivity index (χ0) is 24.9. The van der Waals surface area contributed by atoms with Crippen LogP contribution in [0, 0.1) is 20.8 Å². The predicted octanol–water partition coefficient (Wildman–Crippen LogP) is 5.04. The molecule has 0 unspecified atom stereocenters. The van der Waals surface area contributed by atoms with Crippen molar-refractivity contribution in [2.45, 2.75) is 20.8 Å². The Morgan fingerprint density at radius 2 is 1.51 bits per heavy atom. The fourth-order valence-corrected chi connectivity index (χ4v) is 3.36. The number of carbonyl (C=O) groups is 1. The molecule has 2 N–H and O–H groups in total. The average Bonchev–Trinajstić information content (AvgIpc) is 3.12. The molecule has 0 bridgehead atoms. The Morgan fingerprint density at radius 3 is 2.11 bits per heavy atom. The monoisotopic (exact) mass is 474 g/mol. The summed E-state index contributed by atoms with van der Waals surface area (Å²) in [4.78, 5) is 12.4. The summed E-state index contributed by atoms with van der Waals surface area (Å²) in [5, 5.41) is 18.4. The van der Waals surface area contributed by atoms with Crippen LogP contribution in [0.5, 0.6) is 23.1 Å². The number of ether oxygens (including phenoxy) is 3. The van der Waals surface area contributed by atoms with Gasteiger partial charge in [-0.25, -0.2) is 9.48 Å². The Kier molecular flexibility index (Phi) is 6.81. The van der Waals surface area contributed by atoms with Crippen molar-refractivity contribution in [3.8, 4) is 28.9 Å². The van der Waals surface area contributed by atoms with Crippen molar-refractivity contribution in [2.24, 2.45) is 0 Å². The minimum atomic E-state index is -0.397. The van der Waals surface area contributed by atoms with E-state index in [1.165, 1.54) is 7.11 Å². The number of benzene rings is 2. The molecule has 10 nitrogen and oxygen atoms in total. The molecule has 0 atom stereocenters. The van der Waals surface area contributed by atoms with Crippen molar-refractivity contribution >= 4 is 17.4 Å². The van der Waals surface area contributed by atoms with Crippen molar-refractivity contribution < 1.29 is 19.0 Å². The van der Waals surface area contributed by atoms with E-state index in [1.807, 2.05) is 20.8 Å². The van der Waals surface area contributed by atoms with Gasteiger partial charge in [0.15, 0.2) is 17.3 Å². The number of nitrogens with zero attached hydrogens (tertiary/aromatic N) is 4. The van der Waals surface area contributed by atoms with Crippen molar-refractivity contribution in [1.29, 1.82) is 0 Å². The summed E-state index contributed by atoms with van der Waals surface area (Å²) in [6.07, 6.45) is 0. The summed E-state index contributed by atoms with van der Waals surface area (Å²) in [5.41, 5.74) is 4.26. The molecule has 2 amide bonds. The van der Waals surface area contributed by atoms with Crippen LogP contribution in [0.4, 0.5) is 16.2 Å². The molecule has 0 aliphatic carbocycles. The third-order valence-electron chi connectivity index (χ3n) is 5.47. The minimum Gasteiger partial charge on any atom is -0.493 e. The van der Waals surface area contributed by atoms with E-state index >= 15 is 0 Å². The molecule has 2 aromatic carbocycles. The zero-order valence-corrected chi connectivity index (χ0v) is 20.1. The lowest BCUT2D eigenvalue weighted by Gasteiger charge is -2.11. The largest absolute Gasteiger partial charge is 0.493 e. The fourth-order valence-electron chi connectivity index (χ4n) is 3.36. The Hall–Kier alpha value is -4.60. The van der Waals surface area contributed by atoms with Crippen LogP contribution in [-0.4, -0.2) is 40.2 Å². The van der Waals surface area contributed by atoms with Gasteiger partial charge in [-0.1, -0.05) is 0 Å². The molecule has 180 valence electrons. The lowest BCUT2D eigenvalue weighted by molar-refractivity contribution is 0.262. The molecule has 2 aromatic heterocycles. The molecule has 4 aromatic rings. The first-order valence-electron chi connectivity index (χ1n) is 10.8. The van der Waals surface area contributed by atoms with Gasteiger partial charge in [0, 0.05) is 29.2 Å². The van der Waals surface area contributed by atoms with E-state index in [9.17, 15) is 4.79 Å². The van der Waals surface area contributed by atoms with Gasteiger partial charge >= 0.3 is 6.03 Å². The molecule has 35 heavy (non-hydrogen) atoms. The van der Waals surface area contributed by atoms with Crippen molar-refractivity contribution in [3.05, 3.63) is 71.5 Å². The van der Waals surface area contributed by atoms with Crippen LogP contribution in [0.1, 0.15) is 17.0 Å². The van der Waals surface area contributed by atoms with E-state index in [-0.39, 0.29) is 0 Å². The molecule has 0 aliphatic heterocycles. The van der Waals surface area contributed by atoms with Gasteiger partial charge in [-0.3, -0.25) is 0 Å². The van der Waals surface area contributed by atoms with Gasteiger partial charge in [-0.2, -0.15) is 5.10 Å². The average molecular weight is 475 g/mol. The predicted molar refractivity (Wildman–Crippen MR) is 132 cm³/mol. The summed E-state index contributed by atoms with van der Waals surface area (Å²) < 4.78 is 18.0. The van der Waals surface area contributed by atoms with Gasteiger partial charge in [0.05, 0.1) is 19.9 Å². The molecule has 0 saturated heterocycles. The highest BCUT2D eigenvalue weighted by atomic mass is 16.5. The van der Waals surface area contributed by atoms with Crippen LogP contribution >= 0.6 is 0 Å². The number of rotatable bonds is 7. The quantitative estimate of drug-likeness (QED) is 0.386. The highest BCUT2D eigenvalue weighted by Crippen LogP contribution is 2.30. The number of carbonyl (C=O) groups excluding carboxylic acids is 1. The molecule has 0 fully saturated rings. The summed E-state index contributed by atoms with van der Waals surface area (Å²) in [5.74, 6) is 2.62. The molecule has 0 spiro atoms. The van der Waals surface area contributed by atoms with E-state index in [2.05, 4.69) is 25.9 Å². The molecular formula is C25H26N6O4. The zero-order valence-electron chi connectivity index (χ0n) is 20.1.